The van der Waals surface area contributed by atoms with Gasteiger partial charge in [-0.05, 0) is 32.1 Å². The van der Waals surface area contributed by atoms with Crippen molar-refractivity contribution in [1.82, 2.24) is 10.2 Å². The standard InChI is InChI=1S/C15H30N2O2/c1-8-9-10-17(7)13(19)12(18)16-15(5,6)11-14(2,3)4/h8-11H2,1-7H3,(H,16,18). The van der Waals surface area contributed by atoms with Gasteiger partial charge in [0.1, 0.15) is 0 Å². The first-order chi connectivity index (χ1) is 8.48. The molecule has 0 aromatic heterocycles. The number of unbranched alkanes of at least 4 members (excludes halogenated alkanes) is 1. The van der Waals surface area contributed by atoms with E-state index < -0.39 is 11.8 Å². The summed E-state index contributed by atoms with van der Waals surface area (Å²) in [5.41, 5.74) is -0.273. The molecule has 4 heteroatoms. The maximum atomic E-state index is 11.9. The van der Waals surface area contributed by atoms with E-state index in [4.69, 9.17) is 0 Å². The number of carbonyl (C=O) groups excluding carboxylic acids is 2. The van der Waals surface area contributed by atoms with Crippen LogP contribution < -0.4 is 5.32 Å². The molecule has 0 rings (SSSR count). The zero-order chi connectivity index (χ0) is 15.3. The van der Waals surface area contributed by atoms with Gasteiger partial charge in [-0.2, -0.15) is 0 Å². The van der Waals surface area contributed by atoms with Gasteiger partial charge in [-0.1, -0.05) is 34.1 Å². The molecule has 0 aromatic carbocycles. The molecule has 0 saturated heterocycles. The van der Waals surface area contributed by atoms with E-state index in [9.17, 15) is 9.59 Å². The van der Waals surface area contributed by atoms with Crippen LogP contribution in [-0.2, 0) is 9.59 Å². The van der Waals surface area contributed by atoms with E-state index in [2.05, 4.69) is 33.0 Å². The number of hydrogen-bond donors (Lipinski definition) is 1. The lowest BCUT2D eigenvalue weighted by atomic mass is 9.82. The molecule has 0 bridgehead atoms. The van der Waals surface area contributed by atoms with Crippen LogP contribution in [0, 0.1) is 5.41 Å². The number of hydrogen-bond acceptors (Lipinski definition) is 2. The van der Waals surface area contributed by atoms with E-state index >= 15 is 0 Å². The van der Waals surface area contributed by atoms with Gasteiger partial charge in [-0.3, -0.25) is 9.59 Å². The van der Waals surface area contributed by atoms with Crippen molar-refractivity contribution in [1.29, 1.82) is 0 Å². The highest BCUT2D eigenvalue weighted by Crippen LogP contribution is 2.26. The lowest BCUT2D eigenvalue weighted by Crippen LogP contribution is -2.51. The number of nitrogens with zero attached hydrogens (tertiary/aromatic N) is 1. The molecule has 0 unspecified atom stereocenters. The van der Waals surface area contributed by atoms with Crippen LogP contribution in [0.4, 0.5) is 0 Å². The Morgan fingerprint density at radius 1 is 1.11 bits per heavy atom. The summed E-state index contributed by atoms with van der Waals surface area (Å²) in [6.45, 7) is 13.0. The van der Waals surface area contributed by atoms with Gasteiger partial charge in [-0.25, -0.2) is 0 Å². The smallest absolute Gasteiger partial charge is 0.311 e. The van der Waals surface area contributed by atoms with Crippen LogP contribution in [0.15, 0.2) is 0 Å². The van der Waals surface area contributed by atoms with Crippen molar-refractivity contribution in [2.45, 2.75) is 66.3 Å². The predicted octanol–water partition coefficient (Wildman–Crippen LogP) is 2.58. The second kappa shape index (κ2) is 6.92. The van der Waals surface area contributed by atoms with Gasteiger partial charge in [0.05, 0.1) is 0 Å². The van der Waals surface area contributed by atoms with Crippen LogP contribution in [0.1, 0.15) is 60.8 Å². The predicted molar refractivity (Wildman–Crippen MR) is 78.8 cm³/mol. The highest BCUT2D eigenvalue weighted by Gasteiger charge is 2.30. The van der Waals surface area contributed by atoms with Crippen LogP contribution >= 0.6 is 0 Å². The van der Waals surface area contributed by atoms with Crippen molar-refractivity contribution in [2.24, 2.45) is 5.41 Å². The summed E-state index contributed by atoms with van der Waals surface area (Å²) >= 11 is 0. The van der Waals surface area contributed by atoms with Gasteiger partial charge < -0.3 is 10.2 Å². The molecule has 0 saturated carbocycles. The summed E-state index contributed by atoms with van der Waals surface area (Å²) in [5.74, 6) is -0.955. The third-order valence-electron chi connectivity index (χ3n) is 2.81. The zero-order valence-corrected chi connectivity index (χ0v) is 13.6. The Kier molecular flexibility index (Phi) is 6.53. The second-order valence-electron chi connectivity index (χ2n) is 7.16. The van der Waals surface area contributed by atoms with Crippen molar-refractivity contribution < 1.29 is 9.59 Å². The molecule has 0 aromatic rings. The molecule has 0 aliphatic rings. The molecular weight excluding hydrogens is 240 g/mol. The topological polar surface area (TPSA) is 49.4 Å². The molecule has 112 valence electrons. The maximum Gasteiger partial charge on any atom is 0.311 e. The fourth-order valence-corrected chi connectivity index (χ4v) is 2.40. The quantitative estimate of drug-likeness (QED) is 0.781. The van der Waals surface area contributed by atoms with Gasteiger partial charge in [0.25, 0.3) is 0 Å². The summed E-state index contributed by atoms with van der Waals surface area (Å²) < 4.78 is 0. The van der Waals surface area contributed by atoms with Crippen molar-refractivity contribution in [3.63, 3.8) is 0 Å². The van der Waals surface area contributed by atoms with Crippen LogP contribution in [-0.4, -0.2) is 35.8 Å². The minimum Gasteiger partial charge on any atom is -0.343 e. The van der Waals surface area contributed by atoms with Gasteiger partial charge in [0.15, 0.2) is 0 Å². The van der Waals surface area contributed by atoms with Crippen LogP contribution in [0.5, 0.6) is 0 Å². The summed E-state index contributed by atoms with van der Waals surface area (Å²) in [6.07, 6.45) is 2.74. The van der Waals surface area contributed by atoms with Gasteiger partial charge in [-0.15, -0.1) is 0 Å². The lowest BCUT2D eigenvalue weighted by Gasteiger charge is -2.33. The van der Waals surface area contributed by atoms with Gasteiger partial charge >= 0.3 is 11.8 Å². The summed E-state index contributed by atoms with van der Waals surface area (Å²) in [4.78, 5) is 25.3. The number of likely N-dealkylation sites (N-methyl/N-ethyl adjacent to an activating group) is 1. The Morgan fingerprint density at radius 3 is 2.05 bits per heavy atom. The SMILES string of the molecule is CCCCN(C)C(=O)C(=O)NC(C)(C)CC(C)(C)C. The molecule has 0 atom stereocenters. The Morgan fingerprint density at radius 2 is 1.63 bits per heavy atom. The second-order valence-corrected chi connectivity index (χ2v) is 7.16. The van der Waals surface area contributed by atoms with Crippen molar-refractivity contribution in [3.05, 3.63) is 0 Å². The summed E-state index contributed by atoms with van der Waals surface area (Å²) in [6, 6.07) is 0. The van der Waals surface area contributed by atoms with E-state index in [0.29, 0.717) is 6.54 Å². The number of amides is 2. The van der Waals surface area contributed by atoms with E-state index in [-0.39, 0.29) is 11.0 Å². The number of rotatable bonds is 5. The molecule has 0 heterocycles. The third-order valence-corrected chi connectivity index (χ3v) is 2.81. The molecule has 0 fully saturated rings. The Hall–Kier alpha value is -1.06. The Labute approximate surface area is 117 Å². The molecule has 2 amide bonds. The molecule has 19 heavy (non-hydrogen) atoms. The normalized spacial score (nSPS) is 12.2. The van der Waals surface area contributed by atoms with Crippen LogP contribution in [0.25, 0.3) is 0 Å². The minimum atomic E-state index is -0.507. The number of nitrogens with one attached hydrogen (secondary N) is 1. The van der Waals surface area contributed by atoms with E-state index in [1.807, 2.05) is 13.8 Å². The maximum absolute atomic E-state index is 11.9. The largest absolute Gasteiger partial charge is 0.343 e. The van der Waals surface area contributed by atoms with E-state index in [1.165, 1.54) is 4.90 Å². The Balaban J connectivity index is 4.47. The van der Waals surface area contributed by atoms with Crippen LogP contribution in [0.2, 0.25) is 0 Å². The third kappa shape index (κ3) is 7.85. The molecular formula is C15H30N2O2. The zero-order valence-electron chi connectivity index (χ0n) is 13.6. The fraction of sp³-hybridized carbons (Fsp3) is 0.867. The summed E-state index contributed by atoms with van der Waals surface area (Å²) in [7, 11) is 1.67. The first-order valence-electron chi connectivity index (χ1n) is 7.06. The number of carbonyl (C=O) groups is 2. The summed E-state index contributed by atoms with van der Waals surface area (Å²) in [5, 5.41) is 2.84. The van der Waals surface area contributed by atoms with E-state index in [1.54, 1.807) is 7.05 Å². The first kappa shape index (κ1) is 17.9. The van der Waals surface area contributed by atoms with Crippen molar-refractivity contribution in [2.75, 3.05) is 13.6 Å². The molecule has 4 nitrogen and oxygen atoms in total. The lowest BCUT2D eigenvalue weighted by molar-refractivity contribution is -0.146. The van der Waals surface area contributed by atoms with Crippen molar-refractivity contribution in [3.8, 4) is 0 Å². The molecule has 0 spiro atoms. The molecule has 0 radical (unpaired) electrons. The van der Waals surface area contributed by atoms with Crippen LogP contribution in [0.3, 0.4) is 0 Å². The monoisotopic (exact) mass is 270 g/mol. The molecule has 0 aliphatic carbocycles. The highest BCUT2D eigenvalue weighted by atomic mass is 16.2. The highest BCUT2D eigenvalue weighted by molar-refractivity contribution is 6.35. The Bertz CT molecular complexity index is 317. The average molecular weight is 270 g/mol. The fourth-order valence-electron chi connectivity index (χ4n) is 2.40. The van der Waals surface area contributed by atoms with Gasteiger partial charge in [0, 0.05) is 19.1 Å². The molecule has 0 aliphatic heterocycles. The average Bonchev–Trinajstić information content (AvgIpc) is 2.20. The first-order valence-corrected chi connectivity index (χ1v) is 7.06. The minimum absolute atomic E-state index is 0.105. The van der Waals surface area contributed by atoms with E-state index in [0.717, 1.165) is 19.3 Å². The van der Waals surface area contributed by atoms with Gasteiger partial charge in [0.2, 0.25) is 0 Å². The molecule has 1 N–H and O–H groups in total. The van der Waals surface area contributed by atoms with Crippen molar-refractivity contribution >= 4 is 11.8 Å².